The maximum absolute atomic E-state index is 15.8. The van der Waals surface area contributed by atoms with Crippen LogP contribution in [-0.2, 0) is 0 Å². The van der Waals surface area contributed by atoms with Gasteiger partial charge in [0.05, 0.1) is 39.5 Å². The van der Waals surface area contributed by atoms with Gasteiger partial charge in [-0.2, -0.15) is 0 Å². The van der Waals surface area contributed by atoms with Gasteiger partial charge in [-0.05, 0) is 59.7 Å². The fourth-order valence-electron chi connectivity index (χ4n) is 7.52. The number of halogens is 15. The van der Waals surface area contributed by atoms with Crippen LogP contribution < -0.4 is 0 Å². The molecular weight excluding hydrogens is 912 g/mol. The Morgan fingerprint density at radius 1 is 0.333 bits per heavy atom. The Hall–Kier alpha value is -8.26. The van der Waals surface area contributed by atoms with E-state index >= 15 is 26.3 Å². The Labute approximate surface area is 356 Å². The van der Waals surface area contributed by atoms with E-state index in [0.717, 1.165) is 42.5 Å². The van der Waals surface area contributed by atoms with Crippen molar-refractivity contribution in [2.45, 2.75) is 0 Å². The van der Waals surface area contributed by atoms with Crippen LogP contribution in [0.5, 0.6) is 0 Å². The molecule has 0 unspecified atom stereocenters. The third-order valence-corrected chi connectivity index (χ3v) is 10.4. The summed E-state index contributed by atoms with van der Waals surface area (Å²) in [5.74, 6) is -37.0. The predicted molar refractivity (Wildman–Crippen MR) is 209 cm³/mol. The Balaban J connectivity index is 1.56. The summed E-state index contributed by atoms with van der Waals surface area (Å²) in [5.41, 5.74) is -3.27. The molecule has 8 bridgehead atoms. The van der Waals surface area contributed by atoms with E-state index in [4.69, 9.17) is 5.53 Å². The first-order valence-corrected chi connectivity index (χ1v) is 18.3. The highest BCUT2D eigenvalue weighted by Crippen LogP contribution is 2.43. The fourth-order valence-corrected chi connectivity index (χ4v) is 7.52. The Bertz CT molecular complexity index is 3450. The monoisotopic (exact) mass is 925 g/mol. The molecule has 2 aliphatic rings. The van der Waals surface area contributed by atoms with E-state index in [1.807, 2.05) is 0 Å². The Morgan fingerprint density at radius 3 is 0.879 bits per heavy atom. The summed E-state index contributed by atoms with van der Waals surface area (Å²) in [7, 11) is 0. The third kappa shape index (κ3) is 6.46. The molecule has 2 aliphatic heterocycles. The van der Waals surface area contributed by atoms with Gasteiger partial charge in [0.2, 0.25) is 17.5 Å². The second-order valence-electron chi connectivity index (χ2n) is 14.1. The van der Waals surface area contributed by atoms with Gasteiger partial charge in [0, 0.05) is 54.9 Å². The van der Waals surface area contributed by atoms with E-state index in [0.29, 0.717) is 0 Å². The van der Waals surface area contributed by atoms with Crippen molar-refractivity contribution in [1.29, 1.82) is 0 Å². The molecule has 0 amide bonds. The van der Waals surface area contributed by atoms with Crippen LogP contribution >= 0.6 is 0 Å². The molecule has 7 aromatic rings. The zero-order valence-corrected chi connectivity index (χ0v) is 31.8. The lowest BCUT2D eigenvalue weighted by Crippen LogP contribution is -2.06. The molecule has 22 heteroatoms. The first-order chi connectivity index (χ1) is 31.4. The predicted octanol–water partition coefficient (Wildman–Crippen LogP) is 14.4. The average molecular weight is 926 g/mol. The van der Waals surface area contributed by atoms with Gasteiger partial charge in [-0.15, -0.1) is 0 Å². The van der Waals surface area contributed by atoms with E-state index in [1.54, 1.807) is 0 Å². The molecule has 4 aromatic carbocycles. The van der Waals surface area contributed by atoms with Crippen molar-refractivity contribution in [2.24, 2.45) is 5.11 Å². The standard InChI is InChI=1S/C44H14F15N7/c45-30-27(31(46)37(52)42(57)36(30)51)24-17-7-5-15(61-17)23(13-1-3-14(4-2-13)65-66-60)16-6-8-18(62-16)25(28-32(47)38(53)43(58)39(54)33(28)48)20-10-12-22(64-20)26(21-11-9-19(24)63-21)29-34(49)40(55)44(59)41(56)35(29)50/h1-12,61,64H. The molecule has 9 rings (SSSR count). The summed E-state index contributed by atoms with van der Waals surface area (Å²) >= 11 is 0. The zero-order valence-electron chi connectivity index (χ0n) is 31.8. The number of aromatic amines is 2. The third-order valence-electron chi connectivity index (χ3n) is 10.4. The maximum atomic E-state index is 15.8. The summed E-state index contributed by atoms with van der Waals surface area (Å²) in [6.45, 7) is 0. The summed E-state index contributed by atoms with van der Waals surface area (Å²) in [6, 6.07) is 9.21. The smallest absolute Gasteiger partial charge is 0.200 e. The van der Waals surface area contributed by atoms with Gasteiger partial charge in [0.25, 0.3) is 0 Å². The first kappa shape index (κ1) is 43.0. The largest absolute Gasteiger partial charge is 0.354 e. The van der Waals surface area contributed by atoms with Gasteiger partial charge in [-0.1, -0.05) is 29.4 Å². The van der Waals surface area contributed by atoms with E-state index in [-0.39, 0.29) is 28.0 Å². The summed E-state index contributed by atoms with van der Waals surface area (Å²) in [4.78, 5) is 16.4. The van der Waals surface area contributed by atoms with Gasteiger partial charge in [-0.25, -0.2) is 75.8 Å². The lowest BCUT2D eigenvalue weighted by atomic mass is 10.0. The van der Waals surface area contributed by atoms with Crippen LogP contribution in [0, 0.1) is 87.3 Å². The highest BCUT2D eigenvalue weighted by Gasteiger charge is 2.33. The van der Waals surface area contributed by atoms with E-state index in [2.05, 4.69) is 30.0 Å². The van der Waals surface area contributed by atoms with Crippen LogP contribution in [0.4, 0.5) is 71.5 Å². The maximum Gasteiger partial charge on any atom is 0.200 e. The molecule has 0 aliphatic carbocycles. The minimum Gasteiger partial charge on any atom is -0.354 e. The van der Waals surface area contributed by atoms with Gasteiger partial charge in [0.1, 0.15) is 0 Å². The molecule has 0 saturated carbocycles. The average Bonchev–Trinajstić information content (AvgIpc) is 4.17. The quantitative estimate of drug-likeness (QED) is 0.0448. The van der Waals surface area contributed by atoms with Crippen LogP contribution in [0.15, 0.2) is 53.6 Å². The lowest BCUT2D eigenvalue weighted by molar-refractivity contribution is 0.381. The number of hydrogen-bond acceptors (Lipinski definition) is 3. The van der Waals surface area contributed by atoms with E-state index in [9.17, 15) is 39.5 Å². The number of rotatable bonds is 5. The van der Waals surface area contributed by atoms with Gasteiger partial charge < -0.3 is 9.97 Å². The molecule has 2 N–H and O–H groups in total. The second kappa shape index (κ2) is 15.8. The molecule has 0 radical (unpaired) electrons. The van der Waals surface area contributed by atoms with Crippen molar-refractivity contribution in [3.63, 3.8) is 0 Å². The number of nitrogens with zero attached hydrogens (tertiary/aromatic N) is 5. The van der Waals surface area contributed by atoms with E-state index in [1.165, 1.54) is 30.3 Å². The SMILES string of the molecule is [N-]=[N+]=Nc1ccc(-c2c3nc(c(-c4c(F)c(F)c(F)c(F)c4F)c4ccc([nH]4)c(-c4c(F)c(F)c(F)c(F)c4F)c4nc(c(-c5c(F)c(F)c(F)c(F)c5F)c5ccc2[nH]5)C=C4)C=C3)cc1. The molecular formula is C44H14F15N7. The number of fused-ring (bicyclic) bond motifs is 8. The molecule has 0 spiro atoms. The van der Waals surface area contributed by atoms with Gasteiger partial charge in [-0.3, -0.25) is 0 Å². The molecule has 7 nitrogen and oxygen atoms in total. The van der Waals surface area contributed by atoms with Crippen LogP contribution in [0.3, 0.4) is 0 Å². The van der Waals surface area contributed by atoms with Crippen LogP contribution in [0.2, 0.25) is 0 Å². The number of aromatic nitrogens is 4. The Morgan fingerprint density at radius 2 is 0.591 bits per heavy atom. The zero-order chi connectivity index (χ0) is 47.2. The van der Waals surface area contributed by atoms with Crippen LogP contribution in [0.1, 0.15) is 22.8 Å². The number of hydrogen-bond donors (Lipinski definition) is 2. The van der Waals surface area contributed by atoms with Gasteiger partial charge >= 0.3 is 0 Å². The molecule has 66 heavy (non-hydrogen) atoms. The van der Waals surface area contributed by atoms with Crippen LogP contribution in [-0.4, -0.2) is 19.9 Å². The highest BCUT2D eigenvalue weighted by atomic mass is 19.2. The molecule has 3 aromatic heterocycles. The first-order valence-electron chi connectivity index (χ1n) is 18.3. The summed E-state index contributed by atoms with van der Waals surface area (Å²) < 4.78 is 228. The summed E-state index contributed by atoms with van der Waals surface area (Å²) in [6.07, 6.45) is 3.77. The second-order valence-corrected chi connectivity index (χ2v) is 14.1. The highest BCUT2D eigenvalue weighted by molar-refractivity contribution is 6.00. The van der Waals surface area contributed by atoms with Crippen molar-refractivity contribution >= 4 is 52.1 Å². The van der Waals surface area contributed by atoms with Crippen LogP contribution in [0.25, 0.3) is 101 Å². The van der Waals surface area contributed by atoms with Crippen molar-refractivity contribution in [2.75, 3.05) is 0 Å². The van der Waals surface area contributed by atoms with Crippen molar-refractivity contribution in [1.82, 2.24) is 19.9 Å². The minimum absolute atomic E-state index is 0.0362. The normalized spacial score (nSPS) is 12.0. The molecule has 0 atom stereocenters. The van der Waals surface area contributed by atoms with Crippen molar-refractivity contribution < 1.29 is 65.9 Å². The van der Waals surface area contributed by atoms with Crippen molar-refractivity contribution in [3.8, 4) is 44.5 Å². The summed E-state index contributed by atoms with van der Waals surface area (Å²) in [5, 5.41) is 3.48. The number of azide groups is 1. The van der Waals surface area contributed by atoms with Crippen molar-refractivity contribution in [3.05, 3.63) is 169 Å². The molecule has 0 saturated heterocycles. The number of benzene rings is 4. The topological polar surface area (TPSA) is 106 Å². The number of H-pyrrole nitrogens is 2. The van der Waals surface area contributed by atoms with Gasteiger partial charge in [0.15, 0.2) is 69.8 Å². The fraction of sp³-hybridized carbons (Fsp3) is 0. The molecule has 0 fully saturated rings. The molecule has 5 heterocycles. The van der Waals surface area contributed by atoms with E-state index < -0.39 is 154 Å². The minimum atomic E-state index is -2.63. The number of nitrogens with one attached hydrogen (secondary N) is 2. The lowest BCUT2D eigenvalue weighted by Gasteiger charge is -2.11. The Kier molecular flexibility index (Phi) is 10.3. The molecule has 330 valence electrons.